The van der Waals surface area contributed by atoms with Crippen molar-refractivity contribution in [3.05, 3.63) is 0 Å². The summed E-state index contributed by atoms with van der Waals surface area (Å²) in [4.78, 5) is 0. The third-order valence-corrected chi connectivity index (χ3v) is 5.81. The first-order valence-electron chi connectivity index (χ1n) is 4.79. The van der Waals surface area contributed by atoms with Crippen LogP contribution in [0.4, 0.5) is 0 Å². The average molecular weight is 203 g/mol. The van der Waals surface area contributed by atoms with Gasteiger partial charge in [-0.2, -0.15) is 0 Å². The molecular weight excluding hydrogens is 178 g/mol. The number of nitrogens with zero attached hydrogens (tertiary/aromatic N) is 1. The van der Waals surface area contributed by atoms with Crippen molar-refractivity contribution in [2.75, 3.05) is 7.05 Å². The van der Waals surface area contributed by atoms with Crippen molar-refractivity contribution in [3.63, 3.8) is 0 Å². The zero-order valence-corrected chi connectivity index (χ0v) is 12.7. The summed E-state index contributed by atoms with van der Waals surface area (Å²) in [7, 11) is 2.31. The molecule has 0 spiro atoms. The molecule has 0 radical (unpaired) electrons. The number of hydrogen-bond acceptors (Lipinski definition) is 1. The lowest BCUT2D eigenvalue weighted by atomic mass is 10.3. The van der Waals surface area contributed by atoms with Gasteiger partial charge < -0.3 is 4.23 Å². The molecule has 0 bridgehead atoms. The molecule has 0 N–H and O–H groups in total. The van der Waals surface area contributed by atoms with Gasteiger partial charge in [0.1, 0.15) is 0 Å². The molecule has 0 saturated heterocycles. The lowest BCUT2D eigenvalue weighted by molar-refractivity contribution is 0.648. The first-order chi connectivity index (χ1) is 5.10. The summed E-state index contributed by atoms with van der Waals surface area (Å²) in [5, 5.41) is 1.18. The van der Waals surface area contributed by atoms with Gasteiger partial charge in [-0.25, -0.2) is 0 Å². The Kier molecular flexibility index (Phi) is 4.20. The van der Waals surface area contributed by atoms with Crippen molar-refractivity contribution in [1.82, 2.24) is 4.23 Å². The van der Waals surface area contributed by atoms with Gasteiger partial charge in [0, 0.05) is 0 Å². The fraction of sp³-hybridized carbons (Fsp3) is 1.00. The van der Waals surface area contributed by atoms with E-state index in [1.807, 2.05) is 0 Å². The highest BCUT2D eigenvalue weighted by molar-refractivity contribution is 6.53. The van der Waals surface area contributed by atoms with Crippen molar-refractivity contribution >= 4 is 19.4 Å². The third-order valence-electron chi connectivity index (χ3n) is 1.49. The molecule has 12 heavy (non-hydrogen) atoms. The fourth-order valence-corrected chi connectivity index (χ4v) is 9.39. The van der Waals surface area contributed by atoms with E-state index in [9.17, 15) is 0 Å². The van der Waals surface area contributed by atoms with Crippen molar-refractivity contribution < 1.29 is 0 Å². The highest BCUT2D eigenvalue weighted by Gasteiger charge is 2.19. The third kappa shape index (κ3) is 8.49. The SMILES string of the molecule is CN([SiH2]C(C)(C)C)[SiH2]C(C)(C)C. The van der Waals surface area contributed by atoms with Crippen LogP contribution in [0.5, 0.6) is 0 Å². The highest BCUT2D eigenvalue weighted by Crippen LogP contribution is 2.25. The average Bonchev–Trinajstić information content (AvgIpc) is 1.49. The smallest absolute Gasteiger partial charge is 0.0924 e. The lowest BCUT2D eigenvalue weighted by Crippen LogP contribution is -2.36. The topological polar surface area (TPSA) is 3.24 Å². The molecule has 74 valence electrons. The van der Waals surface area contributed by atoms with E-state index in [4.69, 9.17) is 0 Å². The van der Waals surface area contributed by atoms with Crippen molar-refractivity contribution in [2.24, 2.45) is 0 Å². The molecule has 0 fully saturated rings. The molecule has 0 aliphatic carbocycles. The molecule has 0 saturated carbocycles. The van der Waals surface area contributed by atoms with Crippen LogP contribution in [0.15, 0.2) is 0 Å². The van der Waals surface area contributed by atoms with Gasteiger partial charge in [-0.1, -0.05) is 41.5 Å². The predicted octanol–water partition coefficient (Wildman–Crippen LogP) is 1.52. The Morgan fingerprint density at radius 3 is 1.17 bits per heavy atom. The van der Waals surface area contributed by atoms with E-state index in [-0.39, 0.29) is 19.4 Å². The van der Waals surface area contributed by atoms with Crippen LogP contribution in [0.25, 0.3) is 0 Å². The number of rotatable bonds is 2. The maximum Gasteiger partial charge on any atom is 0.0924 e. The minimum atomic E-state index is -0.0107. The summed E-state index contributed by atoms with van der Waals surface area (Å²) in [5.74, 6) is 0. The van der Waals surface area contributed by atoms with Crippen LogP contribution >= 0.6 is 0 Å². The minimum Gasteiger partial charge on any atom is -0.357 e. The molecule has 0 unspecified atom stereocenters. The largest absolute Gasteiger partial charge is 0.357 e. The van der Waals surface area contributed by atoms with Crippen LogP contribution in [0, 0.1) is 0 Å². The second kappa shape index (κ2) is 4.07. The Hall–Kier alpha value is 0.394. The summed E-state index contributed by atoms with van der Waals surface area (Å²) in [6.07, 6.45) is 0. The molecule has 0 rings (SSSR count). The quantitative estimate of drug-likeness (QED) is 0.615. The van der Waals surface area contributed by atoms with Gasteiger partial charge in [0.15, 0.2) is 0 Å². The minimum absolute atomic E-state index is 0.0107. The second-order valence-electron chi connectivity index (χ2n) is 6.29. The predicted molar refractivity (Wildman–Crippen MR) is 64.3 cm³/mol. The van der Waals surface area contributed by atoms with E-state index in [0.29, 0.717) is 10.1 Å². The van der Waals surface area contributed by atoms with Crippen LogP contribution in [-0.2, 0) is 0 Å². The Bertz CT molecular complexity index is 116. The highest BCUT2D eigenvalue weighted by atomic mass is 28.3. The molecule has 0 aromatic heterocycles. The molecule has 0 aliphatic heterocycles. The Balaban J connectivity index is 3.83. The monoisotopic (exact) mass is 203 g/mol. The Morgan fingerprint density at radius 2 is 1.00 bits per heavy atom. The van der Waals surface area contributed by atoms with Crippen molar-refractivity contribution in [3.8, 4) is 0 Å². The Labute approximate surface area is 82.7 Å². The normalized spacial score (nSPS) is 16.0. The zero-order valence-electron chi connectivity index (χ0n) is 9.86. The van der Waals surface area contributed by atoms with Crippen LogP contribution in [0.2, 0.25) is 10.1 Å². The molecular formula is C9H25NSi2. The summed E-state index contributed by atoms with van der Waals surface area (Å²) in [6.45, 7) is 14.2. The summed E-state index contributed by atoms with van der Waals surface area (Å²) >= 11 is 0. The fourth-order valence-electron chi connectivity index (χ4n) is 1.68. The molecule has 1 nitrogen and oxygen atoms in total. The molecule has 0 amide bonds. The van der Waals surface area contributed by atoms with Gasteiger partial charge in [0.2, 0.25) is 0 Å². The van der Waals surface area contributed by atoms with Gasteiger partial charge in [0.05, 0.1) is 19.4 Å². The van der Waals surface area contributed by atoms with E-state index in [1.165, 1.54) is 0 Å². The first kappa shape index (κ1) is 12.4. The Morgan fingerprint density at radius 1 is 0.750 bits per heavy atom. The van der Waals surface area contributed by atoms with Crippen LogP contribution in [0.3, 0.4) is 0 Å². The van der Waals surface area contributed by atoms with Gasteiger partial charge in [-0.15, -0.1) is 0 Å². The summed E-state index contributed by atoms with van der Waals surface area (Å²) < 4.78 is 2.69. The van der Waals surface area contributed by atoms with Crippen LogP contribution in [-0.4, -0.2) is 30.6 Å². The first-order valence-corrected chi connectivity index (χ1v) is 7.47. The van der Waals surface area contributed by atoms with Crippen molar-refractivity contribution in [1.29, 1.82) is 0 Å². The second-order valence-corrected chi connectivity index (χ2v) is 14.2. The van der Waals surface area contributed by atoms with Crippen LogP contribution < -0.4 is 0 Å². The zero-order chi connectivity index (χ0) is 9.99. The van der Waals surface area contributed by atoms with E-state index in [2.05, 4.69) is 52.8 Å². The van der Waals surface area contributed by atoms with E-state index in [1.54, 1.807) is 0 Å². The lowest BCUT2D eigenvalue weighted by Gasteiger charge is -2.30. The molecule has 0 aromatic rings. The van der Waals surface area contributed by atoms with E-state index in [0.717, 1.165) is 0 Å². The van der Waals surface area contributed by atoms with Crippen LogP contribution in [0.1, 0.15) is 41.5 Å². The van der Waals surface area contributed by atoms with Gasteiger partial charge in [0.25, 0.3) is 0 Å². The van der Waals surface area contributed by atoms with Gasteiger partial charge >= 0.3 is 0 Å². The molecule has 0 aliphatic rings. The molecule has 0 aromatic carbocycles. The standard InChI is InChI=1S/C9H25NSi2/c1-8(2,3)11-10(7)12-9(4,5)6/h11-12H2,1-7H3. The molecule has 0 heterocycles. The molecule has 0 atom stereocenters. The summed E-state index contributed by atoms with van der Waals surface area (Å²) in [5.41, 5.74) is 0. The molecule has 3 heteroatoms. The van der Waals surface area contributed by atoms with E-state index < -0.39 is 0 Å². The van der Waals surface area contributed by atoms with E-state index >= 15 is 0 Å². The maximum atomic E-state index is 2.69. The number of hydrogen-bond donors (Lipinski definition) is 0. The summed E-state index contributed by atoms with van der Waals surface area (Å²) in [6, 6.07) is 0. The maximum absolute atomic E-state index is 2.69. The van der Waals surface area contributed by atoms with Crippen molar-refractivity contribution in [2.45, 2.75) is 51.6 Å². The van der Waals surface area contributed by atoms with Gasteiger partial charge in [-0.05, 0) is 17.1 Å². The van der Waals surface area contributed by atoms with Gasteiger partial charge in [-0.3, -0.25) is 0 Å².